The molecule has 4 rings (SSSR count). The lowest BCUT2D eigenvalue weighted by molar-refractivity contribution is -0.130. The number of rotatable bonds is 8. The van der Waals surface area contributed by atoms with Crippen LogP contribution in [0.2, 0.25) is 0 Å². The number of nitrogens with zero attached hydrogens (tertiary/aromatic N) is 1. The molecule has 1 aliphatic heterocycles. The van der Waals surface area contributed by atoms with Gasteiger partial charge in [0.25, 0.3) is 11.8 Å². The van der Waals surface area contributed by atoms with Crippen LogP contribution in [0.15, 0.2) is 70.9 Å². The molecular weight excluding hydrogens is 456 g/mol. The van der Waals surface area contributed by atoms with Gasteiger partial charge in [0.2, 0.25) is 0 Å². The summed E-state index contributed by atoms with van der Waals surface area (Å²) < 4.78 is 16.5. The van der Waals surface area contributed by atoms with E-state index in [1.165, 1.54) is 31.6 Å². The monoisotopic (exact) mass is 476 g/mol. The largest absolute Gasteiger partial charge is 0.493 e. The number of urea groups is 1. The van der Waals surface area contributed by atoms with Gasteiger partial charge < -0.3 is 19.0 Å². The number of carboxylic acids is 1. The van der Waals surface area contributed by atoms with Crippen molar-refractivity contribution in [1.29, 1.82) is 0 Å². The van der Waals surface area contributed by atoms with Crippen molar-refractivity contribution in [3.63, 3.8) is 0 Å². The first-order valence-corrected chi connectivity index (χ1v) is 10.4. The minimum Gasteiger partial charge on any atom is -0.493 e. The summed E-state index contributed by atoms with van der Waals surface area (Å²) in [6.07, 6.45) is 2.72. The van der Waals surface area contributed by atoms with Gasteiger partial charge in [0.1, 0.15) is 17.9 Å². The van der Waals surface area contributed by atoms with Crippen LogP contribution in [0.5, 0.6) is 11.5 Å². The number of amides is 4. The summed E-state index contributed by atoms with van der Waals surface area (Å²) in [6.45, 7) is -0.148. The Labute approximate surface area is 199 Å². The van der Waals surface area contributed by atoms with E-state index in [2.05, 4.69) is 5.32 Å². The molecule has 1 aliphatic rings. The van der Waals surface area contributed by atoms with E-state index in [-0.39, 0.29) is 30.0 Å². The summed E-state index contributed by atoms with van der Waals surface area (Å²) in [4.78, 5) is 49.9. The Hall–Kier alpha value is -4.86. The van der Waals surface area contributed by atoms with Gasteiger partial charge in [0.15, 0.2) is 11.5 Å². The van der Waals surface area contributed by atoms with Crippen LogP contribution in [-0.4, -0.2) is 40.9 Å². The predicted molar refractivity (Wildman–Crippen MR) is 122 cm³/mol. The topological polar surface area (TPSA) is 135 Å². The molecule has 35 heavy (non-hydrogen) atoms. The number of hydrogen-bond acceptors (Lipinski definition) is 7. The van der Waals surface area contributed by atoms with E-state index in [4.69, 9.17) is 13.9 Å². The van der Waals surface area contributed by atoms with Crippen molar-refractivity contribution in [2.75, 3.05) is 7.11 Å². The van der Waals surface area contributed by atoms with Gasteiger partial charge in [0, 0.05) is 5.56 Å². The zero-order valence-corrected chi connectivity index (χ0v) is 18.5. The smallest absolute Gasteiger partial charge is 0.335 e. The number of aromatic carboxylic acids is 1. The van der Waals surface area contributed by atoms with Crippen LogP contribution >= 0.6 is 0 Å². The number of furan rings is 1. The summed E-state index contributed by atoms with van der Waals surface area (Å²) in [5.41, 5.74) is 0.780. The van der Waals surface area contributed by atoms with Crippen molar-refractivity contribution in [2.24, 2.45) is 0 Å². The van der Waals surface area contributed by atoms with Crippen molar-refractivity contribution in [3.8, 4) is 11.5 Å². The lowest BCUT2D eigenvalue weighted by atomic mass is 10.1. The molecule has 0 saturated carbocycles. The van der Waals surface area contributed by atoms with E-state index in [1.54, 1.807) is 42.5 Å². The lowest BCUT2D eigenvalue weighted by Crippen LogP contribution is -2.53. The van der Waals surface area contributed by atoms with Crippen LogP contribution in [0.3, 0.4) is 0 Å². The van der Waals surface area contributed by atoms with Crippen molar-refractivity contribution in [1.82, 2.24) is 10.2 Å². The Morgan fingerprint density at radius 2 is 1.91 bits per heavy atom. The number of para-hydroxylation sites is 1. The number of carbonyl (C=O) groups is 4. The molecule has 4 amide bonds. The number of methoxy groups -OCH3 is 1. The number of ether oxygens (including phenoxy) is 2. The molecule has 0 spiro atoms. The predicted octanol–water partition coefficient (Wildman–Crippen LogP) is 3.23. The van der Waals surface area contributed by atoms with Crippen LogP contribution in [0, 0.1) is 0 Å². The van der Waals surface area contributed by atoms with E-state index in [0.717, 1.165) is 4.90 Å². The number of carboxylic acid groups (broad SMARTS) is 1. The maximum atomic E-state index is 13.0. The summed E-state index contributed by atoms with van der Waals surface area (Å²) in [6, 6.07) is 13.5. The number of barbiturate groups is 1. The molecule has 1 fully saturated rings. The quantitative estimate of drug-likeness (QED) is 0.374. The van der Waals surface area contributed by atoms with Crippen molar-refractivity contribution < 1.29 is 38.2 Å². The highest BCUT2D eigenvalue weighted by molar-refractivity contribution is 6.31. The van der Waals surface area contributed by atoms with E-state index >= 15 is 0 Å². The van der Waals surface area contributed by atoms with Gasteiger partial charge in [-0.25, -0.2) is 9.59 Å². The van der Waals surface area contributed by atoms with Crippen molar-refractivity contribution >= 4 is 29.9 Å². The number of hydrogen-bond donors (Lipinski definition) is 2. The SMILES string of the molecule is COc1cccc(/C=C2\C(=O)NC(=O)N(Cc3ccco3)C2=O)c1OCc1cccc(C(=O)O)c1. The average Bonchev–Trinajstić information content (AvgIpc) is 3.36. The molecule has 0 unspecified atom stereocenters. The third-order valence-electron chi connectivity index (χ3n) is 5.17. The fourth-order valence-corrected chi connectivity index (χ4v) is 3.46. The molecule has 1 aromatic heterocycles. The minimum absolute atomic E-state index is 0.000907. The van der Waals surface area contributed by atoms with E-state index in [9.17, 15) is 24.3 Å². The second-order valence-electron chi connectivity index (χ2n) is 7.46. The molecule has 178 valence electrons. The van der Waals surface area contributed by atoms with Gasteiger partial charge in [-0.05, 0) is 42.0 Å². The maximum absolute atomic E-state index is 13.0. The van der Waals surface area contributed by atoms with Gasteiger partial charge in [0.05, 0.1) is 25.5 Å². The number of nitrogens with one attached hydrogen (secondary N) is 1. The zero-order chi connectivity index (χ0) is 24.9. The van der Waals surface area contributed by atoms with Crippen LogP contribution < -0.4 is 14.8 Å². The first-order chi connectivity index (χ1) is 16.9. The fraction of sp³-hybridized carbons (Fsp3) is 0.120. The molecule has 2 heterocycles. The first kappa shape index (κ1) is 23.3. The van der Waals surface area contributed by atoms with Gasteiger partial charge in [-0.3, -0.25) is 19.8 Å². The van der Waals surface area contributed by atoms with Gasteiger partial charge in [-0.15, -0.1) is 0 Å². The highest BCUT2D eigenvalue weighted by Gasteiger charge is 2.36. The van der Waals surface area contributed by atoms with Crippen molar-refractivity contribution in [2.45, 2.75) is 13.2 Å². The third kappa shape index (κ3) is 5.06. The second kappa shape index (κ2) is 9.96. The van der Waals surface area contributed by atoms with Crippen molar-refractivity contribution in [3.05, 3.63) is 88.9 Å². The van der Waals surface area contributed by atoms with Gasteiger partial charge >= 0.3 is 12.0 Å². The third-order valence-corrected chi connectivity index (χ3v) is 5.17. The highest BCUT2D eigenvalue weighted by Crippen LogP contribution is 2.34. The first-order valence-electron chi connectivity index (χ1n) is 10.4. The highest BCUT2D eigenvalue weighted by atomic mass is 16.5. The van der Waals surface area contributed by atoms with Gasteiger partial charge in [-0.1, -0.05) is 24.3 Å². The molecular formula is C25H20N2O8. The lowest BCUT2D eigenvalue weighted by Gasteiger charge is -2.25. The standard InChI is InChI=1S/C25H20N2O8/c1-33-20-9-3-6-16(21(20)35-14-15-5-2-7-17(11-15)24(30)31)12-19-22(28)26-25(32)27(23(19)29)13-18-8-4-10-34-18/h2-12H,13-14H2,1H3,(H,30,31)(H,26,28,32)/b19-12+. The van der Waals surface area contributed by atoms with Crippen LogP contribution in [-0.2, 0) is 22.7 Å². The number of imide groups is 2. The summed E-state index contributed by atoms with van der Waals surface area (Å²) in [7, 11) is 1.44. The molecule has 1 saturated heterocycles. The molecule has 2 N–H and O–H groups in total. The summed E-state index contributed by atoms with van der Waals surface area (Å²) >= 11 is 0. The maximum Gasteiger partial charge on any atom is 0.335 e. The number of carbonyl (C=O) groups excluding carboxylic acids is 3. The zero-order valence-electron chi connectivity index (χ0n) is 18.5. The Morgan fingerprint density at radius 3 is 2.63 bits per heavy atom. The summed E-state index contributed by atoms with van der Waals surface area (Å²) in [5.74, 6) is -1.77. The molecule has 0 aliphatic carbocycles. The van der Waals surface area contributed by atoms with Crippen LogP contribution in [0.1, 0.15) is 27.2 Å². The second-order valence-corrected chi connectivity index (χ2v) is 7.46. The van der Waals surface area contributed by atoms with Crippen LogP contribution in [0.25, 0.3) is 6.08 Å². The van der Waals surface area contributed by atoms with E-state index < -0.39 is 23.8 Å². The normalized spacial score (nSPS) is 14.7. The Bertz CT molecular complexity index is 1330. The number of benzene rings is 2. The average molecular weight is 476 g/mol. The molecule has 10 nitrogen and oxygen atoms in total. The summed E-state index contributed by atoms with van der Waals surface area (Å²) in [5, 5.41) is 11.4. The molecule has 2 aromatic carbocycles. The Balaban J connectivity index is 1.65. The van der Waals surface area contributed by atoms with Crippen LogP contribution in [0.4, 0.5) is 4.79 Å². The molecule has 10 heteroatoms. The fourth-order valence-electron chi connectivity index (χ4n) is 3.46. The molecule has 0 radical (unpaired) electrons. The molecule has 0 atom stereocenters. The Morgan fingerprint density at radius 1 is 1.11 bits per heavy atom. The molecule has 3 aromatic rings. The minimum atomic E-state index is -1.06. The van der Waals surface area contributed by atoms with E-state index in [1.807, 2.05) is 0 Å². The van der Waals surface area contributed by atoms with E-state index in [0.29, 0.717) is 22.6 Å². The molecule has 0 bridgehead atoms. The Kier molecular flexibility index (Phi) is 6.63. The van der Waals surface area contributed by atoms with Gasteiger partial charge in [-0.2, -0.15) is 0 Å².